The van der Waals surface area contributed by atoms with Crippen LogP contribution < -0.4 is 10.9 Å². The van der Waals surface area contributed by atoms with Gasteiger partial charge in [0.1, 0.15) is 4.47 Å². The van der Waals surface area contributed by atoms with E-state index in [0.29, 0.717) is 15.8 Å². The van der Waals surface area contributed by atoms with Crippen LogP contribution >= 0.6 is 27.7 Å². The number of aromatic nitrogens is 2. The van der Waals surface area contributed by atoms with Gasteiger partial charge in [0.05, 0.1) is 17.9 Å². The van der Waals surface area contributed by atoms with Crippen molar-refractivity contribution in [1.29, 1.82) is 0 Å². The Morgan fingerprint density at radius 1 is 1.55 bits per heavy atom. The van der Waals surface area contributed by atoms with Crippen molar-refractivity contribution in [2.45, 2.75) is 57.4 Å². The minimum atomic E-state index is -0.0670. The van der Waals surface area contributed by atoms with Crippen LogP contribution in [0, 0.1) is 0 Å². The molecule has 1 saturated carbocycles. The highest BCUT2D eigenvalue weighted by atomic mass is 79.9. The van der Waals surface area contributed by atoms with Crippen molar-refractivity contribution in [3.63, 3.8) is 0 Å². The highest BCUT2D eigenvalue weighted by Gasteiger charge is 2.28. The number of nitrogens with zero attached hydrogens (tertiary/aromatic N) is 2. The van der Waals surface area contributed by atoms with Crippen molar-refractivity contribution in [3.05, 3.63) is 21.0 Å². The molecule has 0 aliphatic heterocycles. The van der Waals surface area contributed by atoms with Crippen LogP contribution in [0.15, 0.2) is 15.5 Å². The van der Waals surface area contributed by atoms with E-state index in [1.165, 1.54) is 17.5 Å². The van der Waals surface area contributed by atoms with Crippen LogP contribution in [0.5, 0.6) is 0 Å². The maximum Gasteiger partial charge on any atom is 0.283 e. The Morgan fingerprint density at radius 3 is 2.95 bits per heavy atom. The third kappa shape index (κ3) is 3.39. The number of hydrogen-bond acceptors (Lipinski definition) is 4. The first-order valence-electron chi connectivity index (χ1n) is 7.20. The van der Waals surface area contributed by atoms with Crippen molar-refractivity contribution in [2.24, 2.45) is 0 Å². The zero-order chi connectivity index (χ0) is 14.7. The maximum absolute atomic E-state index is 12.2. The summed E-state index contributed by atoms with van der Waals surface area (Å²) in [7, 11) is 0. The molecule has 0 aromatic carbocycles. The molecule has 1 aliphatic carbocycles. The fraction of sp³-hybridized carbons (Fsp3) is 0.714. The third-order valence-corrected chi connectivity index (χ3v) is 5.70. The van der Waals surface area contributed by atoms with E-state index >= 15 is 0 Å². The molecule has 112 valence electrons. The molecule has 2 rings (SSSR count). The van der Waals surface area contributed by atoms with Crippen LogP contribution in [-0.2, 0) is 0 Å². The lowest BCUT2D eigenvalue weighted by Gasteiger charge is -2.22. The van der Waals surface area contributed by atoms with E-state index in [9.17, 15) is 4.79 Å². The summed E-state index contributed by atoms with van der Waals surface area (Å²) in [6.07, 6.45) is 5.43. The van der Waals surface area contributed by atoms with Crippen molar-refractivity contribution in [3.8, 4) is 0 Å². The van der Waals surface area contributed by atoms with Crippen LogP contribution in [0.1, 0.15) is 46.1 Å². The van der Waals surface area contributed by atoms with Gasteiger partial charge in [-0.1, -0.05) is 13.3 Å². The molecular weight excluding hydrogens is 338 g/mol. The summed E-state index contributed by atoms with van der Waals surface area (Å²) >= 11 is 5.43. The molecule has 0 bridgehead atoms. The zero-order valence-electron chi connectivity index (χ0n) is 12.2. The molecule has 20 heavy (non-hydrogen) atoms. The lowest BCUT2D eigenvalue weighted by Crippen LogP contribution is -2.30. The van der Waals surface area contributed by atoms with Gasteiger partial charge >= 0.3 is 0 Å². The largest absolute Gasteiger partial charge is 0.379 e. The minimum absolute atomic E-state index is 0.0670. The molecular formula is C14H22BrN3OS. The predicted octanol–water partition coefficient (Wildman–Crippen LogP) is 3.67. The summed E-state index contributed by atoms with van der Waals surface area (Å²) in [5.74, 6) is 1.14. The molecule has 1 aliphatic rings. The lowest BCUT2D eigenvalue weighted by atomic mass is 10.2. The van der Waals surface area contributed by atoms with Crippen molar-refractivity contribution >= 4 is 33.4 Å². The second-order valence-electron chi connectivity index (χ2n) is 5.39. The maximum atomic E-state index is 12.2. The number of thioether (sulfide) groups is 1. The molecule has 4 nitrogen and oxygen atoms in total. The van der Waals surface area contributed by atoms with Gasteiger partial charge in [-0.15, -0.1) is 0 Å². The number of anilines is 1. The SMILES string of the molecule is CCSC1CCCC1Nc1cnn(C(C)C)c(=O)c1Br. The Labute approximate surface area is 132 Å². The highest BCUT2D eigenvalue weighted by Crippen LogP contribution is 2.33. The third-order valence-electron chi connectivity index (χ3n) is 3.61. The van der Waals surface area contributed by atoms with E-state index in [1.54, 1.807) is 6.20 Å². The second kappa shape index (κ2) is 6.98. The summed E-state index contributed by atoms with van der Waals surface area (Å²) < 4.78 is 2.09. The van der Waals surface area contributed by atoms with Gasteiger partial charge in [0.25, 0.3) is 5.56 Å². The summed E-state index contributed by atoms with van der Waals surface area (Å²) in [4.78, 5) is 12.2. The summed E-state index contributed by atoms with van der Waals surface area (Å²) in [6, 6.07) is 0.509. The Balaban J connectivity index is 2.18. The normalized spacial score (nSPS) is 22.4. The van der Waals surface area contributed by atoms with E-state index in [2.05, 4.69) is 33.3 Å². The topological polar surface area (TPSA) is 46.9 Å². The van der Waals surface area contributed by atoms with Crippen molar-refractivity contribution in [1.82, 2.24) is 9.78 Å². The molecule has 1 heterocycles. The van der Waals surface area contributed by atoms with Gasteiger partial charge in [-0.3, -0.25) is 4.79 Å². The molecule has 0 radical (unpaired) electrons. The molecule has 0 saturated heterocycles. The molecule has 2 atom stereocenters. The van der Waals surface area contributed by atoms with Crippen LogP contribution in [-0.4, -0.2) is 26.8 Å². The highest BCUT2D eigenvalue weighted by molar-refractivity contribution is 9.10. The van der Waals surface area contributed by atoms with Gasteiger partial charge in [0.15, 0.2) is 0 Å². The monoisotopic (exact) mass is 359 g/mol. The van der Waals surface area contributed by atoms with E-state index in [4.69, 9.17) is 0 Å². The summed E-state index contributed by atoms with van der Waals surface area (Å²) in [5.41, 5.74) is 0.753. The van der Waals surface area contributed by atoms with E-state index < -0.39 is 0 Å². The average molecular weight is 360 g/mol. The molecule has 1 N–H and O–H groups in total. The summed E-state index contributed by atoms with van der Waals surface area (Å²) in [6.45, 7) is 6.11. The Bertz CT molecular complexity index is 518. The Morgan fingerprint density at radius 2 is 2.30 bits per heavy atom. The minimum Gasteiger partial charge on any atom is -0.379 e. The average Bonchev–Trinajstić information content (AvgIpc) is 2.83. The first-order valence-corrected chi connectivity index (χ1v) is 9.04. The number of halogens is 1. The molecule has 0 amide bonds. The van der Waals surface area contributed by atoms with Gasteiger partial charge in [0.2, 0.25) is 0 Å². The first-order chi connectivity index (χ1) is 9.54. The molecule has 0 spiro atoms. The van der Waals surface area contributed by atoms with E-state index in [1.807, 2.05) is 25.6 Å². The Kier molecular flexibility index (Phi) is 5.55. The smallest absolute Gasteiger partial charge is 0.283 e. The van der Waals surface area contributed by atoms with Crippen molar-refractivity contribution in [2.75, 3.05) is 11.1 Å². The van der Waals surface area contributed by atoms with Gasteiger partial charge < -0.3 is 5.32 Å². The predicted molar refractivity (Wildman–Crippen MR) is 89.8 cm³/mol. The molecule has 1 fully saturated rings. The summed E-state index contributed by atoms with van der Waals surface area (Å²) in [5, 5.41) is 8.40. The fourth-order valence-electron chi connectivity index (χ4n) is 2.62. The van der Waals surface area contributed by atoms with Gasteiger partial charge in [-0.25, -0.2) is 4.68 Å². The molecule has 1 aromatic rings. The van der Waals surface area contributed by atoms with Crippen LogP contribution in [0.2, 0.25) is 0 Å². The van der Waals surface area contributed by atoms with E-state index in [0.717, 1.165) is 17.9 Å². The molecule has 1 aromatic heterocycles. The van der Waals surface area contributed by atoms with Crippen LogP contribution in [0.4, 0.5) is 5.69 Å². The molecule has 6 heteroatoms. The second-order valence-corrected chi connectivity index (χ2v) is 7.70. The Hall–Kier alpha value is -0.490. The standard InChI is InChI=1S/C14H22BrN3OS/c1-4-20-12-7-5-6-10(12)17-11-8-16-18(9(2)3)14(19)13(11)15/h8-10,12,17H,4-7H2,1-3H3. The molecule has 2 unspecified atom stereocenters. The van der Waals surface area contributed by atoms with Gasteiger partial charge in [-0.2, -0.15) is 16.9 Å². The van der Waals surface area contributed by atoms with E-state index in [-0.39, 0.29) is 11.6 Å². The number of nitrogens with one attached hydrogen (secondary N) is 1. The number of hydrogen-bond donors (Lipinski definition) is 1. The van der Waals surface area contributed by atoms with Gasteiger partial charge in [-0.05, 0) is 48.4 Å². The first kappa shape index (κ1) is 15.9. The van der Waals surface area contributed by atoms with Gasteiger partial charge in [0, 0.05) is 11.3 Å². The number of rotatable bonds is 5. The van der Waals surface area contributed by atoms with Crippen LogP contribution in [0.3, 0.4) is 0 Å². The lowest BCUT2D eigenvalue weighted by molar-refractivity contribution is 0.500. The quantitative estimate of drug-likeness (QED) is 0.870. The van der Waals surface area contributed by atoms with Crippen LogP contribution in [0.25, 0.3) is 0 Å². The van der Waals surface area contributed by atoms with Crippen molar-refractivity contribution < 1.29 is 0 Å². The zero-order valence-corrected chi connectivity index (χ0v) is 14.6. The fourth-order valence-corrected chi connectivity index (χ4v) is 4.21.